The second kappa shape index (κ2) is 8.09. The van der Waals surface area contributed by atoms with Gasteiger partial charge in [-0.1, -0.05) is 13.0 Å². The summed E-state index contributed by atoms with van der Waals surface area (Å²) < 4.78 is 11.1. The number of carbonyl (C=O) groups excluding carboxylic acids is 2. The first kappa shape index (κ1) is 17.4. The average Bonchev–Trinajstić information content (AvgIpc) is 2.66. The molecule has 1 N–H and O–H groups in total. The predicted octanol–water partition coefficient (Wildman–Crippen LogP) is 1.26. The van der Waals surface area contributed by atoms with Crippen molar-refractivity contribution >= 4 is 11.9 Å². The fourth-order valence-corrected chi connectivity index (χ4v) is 2.99. The summed E-state index contributed by atoms with van der Waals surface area (Å²) in [6.07, 6.45) is 1.25. The van der Waals surface area contributed by atoms with Crippen molar-refractivity contribution in [1.29, 1.82) is 0 Å². The van der Waals surface area contributed by atoms with Gasteiger partial charge in [0.25, 0.3) is 0 Å². The van der Waals surface area contributed by atoms with Crippen molar-refractivity contribution in [2.75, 3.05) is 45.9 Å². The Balaban J connectivity index is 1.50. The van der Waals surface area contributed by atoms with E-state index in [-0.39, 0.29) is 11.9 Å². The summed E-state index contributed by atoms with van der Waals surface area (Å²) in [5.74, 6) is 1.51. The van der Waals surface area contributed by atoms with Gasteiger partial charge in [-0.2, -0.15) is 0 Å². The van der Waals surface area contributed by atoms with Crippen molar-refractivity contribution in [2.24, 2.45) is 0 Å². The summed E-state index contributed by atoms with van der Waals surface area (Å²) in [7, 11) is 0. The largest absolute Gasteiger partial charge is 0.486 e. The summed E-state index contributed by atoms with van der Waals surface area (Å²) in [5.41, 5.74) is 0.914. The molecule has 7 nitrogen and oxygen atoms in total. The van der Waals surface area contributed by atoms with Crippen LogP contribution >= 0.6 is 0 Å². The predicted molar refractivity (Wildman–Crippen MR) is 93.0 cm³/mol. The van der Waals surface area contributed by atoms with Crippen LogP contribution in [0.3, 0.4) is 0 Å². The zero-order valence-corrected chi connectivity index (χ0v) is 14.6. The number of fused-ring (bicyclic) bond motifs is 1. The van der Waals surface area contributed by atoms with E-state index in [0.29, 0.717) is 58.1 Å². The van der Waals surface area contributed by atoms with Crippen molar-refractivity contribution in [2.45, 2.75) is 19.8 Å². The van der Waals surface area contributed by atoms with Crippen LogP contribution in [-0.4, -0.2) is 67.7 Å². The van der Waals surface area contributed by atoms with Crippen LogP contribution in [0.5, 0.6) is 11.5 Å². The van der Waals surface area contributed by atoms with Gasteiger partial charge in [0.2, 0.25) is 5.91 Å². The van der Waals surface area contributed by atoms with Crippen molar-refractivity contribution in [3.05, 3.63) is 23.8 Å². The van der Waals surface area contributed by atoms with Crippen LogP contribution in [0.1, 0.15) is 18.9 Å². The van der Waals surface area contributed by atoms with Crippen LogP contribution in [-0.2, 0) is 11.2 Å². The van der Waals surface area contributed by atoms with Gasteiger partial charge in [0, 0.05) is 32.7 Å². The summed E-state index contributed by atoms with van der Waals surface area (Å²) in [6.45, 7) is 6.08. The number of hydrogen-bond donors (Lipinski definition) is 1. The molecule has 7 heteroatoms. The van der Waals surface area contributed by atoms with Crippen LogP contribution in [0.25, 0.3) is 0 Å². The summed E-state index contributed by atoms with van der Waals surface area (Å²) in [5, 5.41) is 2.87. The highest BCUT2D eigenvalue weighted by atomic mass is 16.6. The molecule has 0 bridgehead atoms. The molecule has 3 amide bonds. The zero-order valence-electron chi connectivity index (χ0n) is 14.6. The van der Waals surface area contributed by atoms with Crippen molar-refractivity contribution < 1.29 is 19.1 Å². The van der Waals surface area contributed by atoms with Crippen molar-refractivity contribution in [3.8, 4) is 11.5 Å². The Morgan fingerprint density at radius 2 is 1.72 bits per heavy atom. The molecule has 3 rings (SSSR count). The Kier molecular flexibility index (Phi) is 5.63. The van der Waals surface area contributed by atoms with E-state index in [4.69, 9.17) is 9.47 Å². The topological polar surface area (TPSA) is 71.1 Å². The van der Waals surface area contributed by atoms with Crippen LogP contribution < -0.4 is 14.8 Å². The van der Waals surface area contributed by atoms with Gasteiger partial charge in [-0.25, -0.2) is 4.79 Å². The van der Waals surface area contributed by atoms with E-state index in [2.05, 4.69) is 5.32 Å². The molecule has 1 aromatic rings. The van der Waals surface area contributed by atoms with Gasteiger partial charge in [0.1, 0.15) is 13.2 Å². The molecule has 1 saturated heterocycles. The van der Waals surface area contributed by atoms with Crippen LogP contribution in [0, 0.1) is 0 Å². The standard InChI is InChI=1S/C18H25N3O4/c1-2-5-19-18(23)21-8-6-20(7-9-21)17(22)13-14-3-4-15-16(12-14)25-11-10-24-15/h3-4,12H,2,5-11,13H2,1H3,(H,19,23). The van der Waals surface area contributed by atoms with Gasteiger partial charge in [-0.3, -0.25) is 4.79 Å². The molecule has 25 heavy (non-hydrogen) atoms. The van der Waals surface area contributed by atoms with E-state index in [0.717, 1.165) is 17.7 Å². The molecule has 2 heterocycles. The smallest absolute Gasteiger partial charge is 0.317 e. The molecular formula is C18H25N3O4. The Labute approximate surface area is 147 Å². The zero-order chi connectivity index (χ0) is 17.6. The fourth-order valence-electron chi connectivity index (χ4n) is 2.99. The number of carbonyl (C=O) groups is 2. The minimum Gasteiger partial charge on any atom is -0.486 e. The van der Waals surface area contributed by atoms with Crippen molar-refractivity contribution in [1.82, 2.24) is 15.1 Å². The Bertz CT molecular complexity index is 627. The maximum absolute atomic E-state index is 12.5. The summed E-state index contributed by atoms with van der Waals surface area (Å²) in [6, 6.07) is 5.59. The van der Waals surface area contributed by atoms with Crippen LogP contribution in [0.2, 0.25) is 0 Å². The molecule has 2 aliphatic rings. The van der Waals surface area contributed by atoms with E-state index >= 15 is 0 Å². The van der Waals surface area contributed by atoms with E-state index in [1.54, 1.807) is 4.90 Å². The number of piperazine rings is 1. The number of nitrogens with one attached hydrogen (secondary N) is 1. The number of hydrogen-bond acceptors (Lipinski definition) is 4. The third kappa shape index (κ3) is 4.35. The quantitative estimate of drug-likeness (QED) is 0.890. The maximum atomic E-state index is 12.5. The third-order valence-electron chi connectivity index (χ3n) is 4.41. The van der Waals surface area contributed by atoms with Crippen LogP contribution in [0.4, 0.5) is 4.79 Å². The summed E-state index contributed by atoms with van der Waals surface area (Å²) in [4.78, 5) is 28.1. The second-order valence-corrected chi connectivity index (χ2v) is 6.25. The third-order valence-corrected chi connectivity index (χ3v) is 4.41. The molecular weight excluding hydrogens is 322 g/mol. The van der Waals surface area contributed by atoms with Gasteiger partial charge in [0.15, 0.2) is 11.5 Å². The van der Waals surface area contributed by atoms with Gasteiger partial charge in [0.05, 0.1) is 6.42 Å². The van der Waals surface area contributed by atoms with Gasteiger partial charge in [-0.05, 0) is 24.1 Å². The van der Waals surface area contributed by atoms with Gasteiger partial charge < -0.3 is 24.6 Å². The molecule has 0 aromatic heterocycles. The number of rotatable bonds is 4. The lowest BCUT2D eigenvalue weighted by Crippen LogP contribution is -2.53. The Hall–Kier alpha value is -2.44. The Morgan fingerprint density at radius 3 is 2.44 bits per heavy atom. The lowest BCUT2D eigenvalue weighted by atomic mass is 10.1. The van der Waals surface area contributed by atoms with E-state index in [1.165, 1.54) is 0 Å². The van der Waals surface area contributed by atoms with E-state index < -0.39 is 0 Å². The number of ether oxygens (including phenoxy) is 2. The highest BCUT2D eigenvalue weighted by molar-refractivity contribution is 5.80. The molecule has 136 valence electrons. The molecule has 0 aliphatic carbocycles. The molecule has 0 radical (unpaired) electrons. The first-order chi connectivity index (χ1) is 12.2. The second-order valence-electron chi connectivity index (χ2n) is 6.25. The number of amides is 3. The first-order valence-electron chi connectivity index (χ1n) is 8.86. The van der Waals surface area contributed by atoms with Gasteiger partial charge >= 0.3 is 6.03 Å². The number of benzene rings is 1. The molecule has 2 aliphatic heterocycles. The SMILES string of the molecule is CCCNC(=O)N1CCN(C(=O)Cc2ccc3c(c2)OCCO3)CC1. The van der Waals surface area contributed by atoms with Crippen LogP contribution in [0.15, 0.2) is 18.2 Å². The maximum Gasteiger partial charge on any atom is 0.317 e. The lowest BCUT2D eigenvalue weighted by molar-refractivity contribution is -0.131. The lowest BCUT2D eigenvalue weighted by Gasteiger charge is -2.34. The first-order valence-corrected chi connectivity index (χ1v) is 8.86. The summed E-state index contributed by atoms with van der Waals surface area (Å²) >= 11 is 0. The van der Waals surface area contributed by atoms with E-state index in [9.17, 15) is 9.59 Å². The number of nitrogens with zero attached hydrogens (tertiary/aromatic N) is 2. The normalized spacial score (nSPS) is 16.5. The van der Waals surface area contributed by atoms with E-state index in [1.807, 2.05) is 30.0 Å². The molecule has 0 saturated carbocycles. The average molecular weight is 347 g/mol. The number of urea groups is 1. The molecule has 0 atom stereocenters. The molecule has 0 unspecified atom stereocenters. The fraction of sp³-hybridized carbons (Fsp3) is 0.556. The van der Waals surface area contributed by atoms with Gasteiger partial charge in [-0.15, -0.1) is 0 Å². The van der Waals surface area contributed by atoms with Crippen molar-refractivity contribution in [3.63, 3.8) is 0 Å². The molecule has 0 spiro atoms. The monoisotopic (exact) mass is 347 g/mol. The minimum absolute atomic E-state index is 0.0409. The minimum atomic E-state index is -0.0409. The molecule has 1 aromatic carbocycles. The Morgan fingerprint density at radius 1 is 1.04 bits per heavy atom. The highest BCUT2D eigenvalue weighted by Gasteiger charge is 2.24. The highest BCUT2D eigenvalue weighted by Crippen LogP contribution is 2.31. The molecule has 1 fully saturated rings.